The van der Waals surface area contributed by atoms with Crippen molar-refractivity contribution in [2.45, 2.75) is 76.7 Å². The van der Waals surface area contributed by atoms with E-state index in [0.717, 1.165) is 38.1 Å². The highest BCUT2D eigenvalue weighted by Crippen LogP contribution is 2.29. The first-order valence-corrected chi connectivity index (χ1v) is 8.22. The lowest BCUT2D eigenvalue weighted by Crippen LogP contribution is -2.35. The van der Waals surface area contributed by atoms with Gasteiger partial charge in [-0.25, -0.2) is 0 Å². The maximum Gasteiger partial charge on any atom is 0.306 e. The van der Waals surface area contributed by atoms with Gasteiger partial charge in [-0.1, -0.05) is 38.5 Å². The van der Waals surface area contributed by atoms with Gasteiger partial charge in [-0.05, 0) is 44.6 Å². The van der Waals surface area contributed by atoms with Crippen molar-refractivity contribution in [1.82, 2.24) is 5.32 Å². The smallest absolute Gasteiger partial charge is 0.306 e. The van der Waals surface area contributed by atoms with Crippen LogP contribution in [0, 0.1) is 11.8 Å². The second-order valence-corrected chi connectivity index (χ2v) is 6.49. The van der Waals surface area contributed by atoms with Crippen molar-refractivity contribution in [1.29, 1.82) is 0 Å². The summed E-state index contributed by atoms with van der Waals surface area (Å²) < 4.78 is 0. The molecule has 19 heavy (non-hydrogen) atoms. The van der Waals surface area contributed by atoms with Crippen LogP contribution in [0.1, 0.15) is 70.6 Å². The summed E-state index contributed by atoms with van der Waals surface area (Å²) in [6.07, 6.45) is 13.7. The van der Waals surface area contributed by atoms with E-state index in [-0.39, 0.29) is 5.92 Å². The zero-order valence-corrected chi connectivity index (χ0v) is 12.1. The summed E-state index contributed by atoms with van der Waals surface area (Å²) in [6.45, 7) is 1.12. The molecule has 2 saturated carbocycles. The summed E-state index contributed by atoms with van der Waals surface area (Å²) in [5.74, 6) is 0.335. The first kappa shape index (κ1) is 14.8. The molecule has 0 aromatic carbocycles. The normalized spacial score (nSPS) is 28.6. The van der Waals surface area contributed by atoms with Gasteiger partial charge in [0.2, 0.25) is 0 Å². The Morgan fingerprint density at radius 3 is 2.32 bits per heavy atom. The zero-order chi connectivity index (χ0) is 13.5. The molecule has 0 heterocycles. The van der Waals surface area contributed by atoms with E-state index in [9.17, 15) is 4.79 Å². The lowest BCUT2D eigenvalue weighted by molar-refractivity contribution is -0.142. The van der Waals surface area contributed by atoms with Gasteiger partial charge in [-0.2, -0.15) is 0 Å². The van der Waals surface area contributed by atoms with E-state index in [4.69, 9.17) is 5.11 Å². The second-order valence-electron chi connectivity index (χ2n) is 6.49. The molecule has 2 N–H and O–H groups in total. The SMILES string of the molecule is O=C(O)C1CCC(NCCCCC2CCCC2)CC1. The Bertz CT molecular complexity index is 266. The summed E-state index contributed by atoms with van der Waals surface area (Å²) in [5, 5.41) is 12.6. The van der Waals surface area contributed by atoms with Crippen LogP contribution in [0.4, 0.5) is 0 Å². The van der Waals surface area contributed by atoms with E-state index in [1.54, 1.807) is 0 Å². The Morgan fingerprint density at radius 1 is 1.00 bits per heavy atom. The molecule has 3 heteroatoms. The number of hydrogen-bond donors (Lipinski definition) is 2. The van der Waals surface area contributed by atoms with Gasteiger partial charge in [-0.3, -0.25) is 4.79 Å². The highest BCUT2D eigenvalue weighted by atomic mass is 16.4. The van der Waals surface area contributed by atoms with Gasteiger partial charge in [0.15, 0.2) is 0 Å². The molecule has 0 amide bonds. The van der Waals surface area contributed by atoms with Gasteiger partial charge in [-0.15, -0.1) is 0 Å². The molecular weight excluding hydrogens is 238 g/mol. The number of rotatable bonds is 7. The minimum absolute atomic E-state index is 0.0829. The summed E-state index contributed by atoms with van der Waals surface area (Å²) in [6, 6.07) is 0.571. The third-order valence-corrected chi connectivity index (χ3v) is 5.02. The number of carboxylic acids is 1. The lowest BCUT2D eigenvalue weighted by atomic mass is 9.86. The van der Waals surface area contributed by atoms with E-state index < -0.39 is 5.97 Å². The average molecular weight is 267 g/mol. The van der Waals surface area contributed by atoms with E-state index in [2.05, 4.69) is 5.32 Å². The maximum atomic E-state index is 10.9. The van der Waals surface area contributed by atoms with Crippen LogP contribution in [0.25, 0.3) is 0 Å². The minimum Gasteiger partial charge on any atom is -0.481 e. The highest BCUT2D eigenvalue weighted by Gasteiger charge is 2.25. The van der Waals surface area contributed by atoms with E-state index in [1.165, 1.54) is 44.9 Å². The Hall–Kier alpha value is -0.570. The number of hydrogen-bond acceptors (Lipinski definition) is 2. The first-order valence-electron chi connectivity index (χ1n) is 8.22. The number of carbonyl (C=O) groups is 1. The van der Waals surface area contributed by atoms with Crippen molar-refractivity contribution < 1.29 is 9.90 Å². The summed E-state index contributed by atoms with van der Waals surface area (Å²) in [5.41, 5.74) is 0. The molecule has 2 rings (SSSR count). The van der Waals surface area contributed by atoms with Crippen LogP contribution in [0.2, 0.25) is 0 Å². The van der Waals surface area contributed by atoms with Crippen molar-refractivity contribution in [2.24, 2.45) is 11.8 Å². The van der Waals surface area contributed by atoms with Crippen LogP contribution >= 0.6 is 0 Å². The van der Waals surface area contributed by atoms with Crippen LogP contribution in [0.15, 0.2) is 0 Å². The van der Waals surface area contributed by atoms with Gasteiger partial charge in [0, 0.05) is 6.04 Å². The molecule has 0 radical (unpaired) electrons. The summed E-state index contributed by atoms with van der Waals surface area (Å²) in [7, 11) is 0. The molecule has 0 aliphatic heterocycles. The molecule has 0 unspecified atom stereocenters. The molecule has 2 fully saturated rings. The van der Waals surface area contributed by atoms with Crippen LogP contribution in [-0.4, -0.2) is 23.7 Å². The maximum absolute atomic E-state index is 10.9. The number of aliphatic carboxylic acids is 1. The quantitative estimate of drug-likeness (QED) is 0.693. The second kappa shape index (κ2) is 7.88. The largest absolute Gasteiger partial charge is 0.481 e. The topological polar surface area (TPSA) is 49.3 Å². The molecule has 0 aromatic heterocycles. The van der Waals surface area contributed by atoms with Gasteiger partial charge in [0.05, 0.1) is 5.92 Å². The van der Waals surface area contributed by atoms with Crippen LogP contribution < -0.4 is 5.32 Å². The summed E-state index contributed by atoms with van der Waals surface area (Å²) >= 11 is 0. The van der Waals surface area contributed by atoms with Gasteiger partial charge in [0.25, 0.3) is 0 Å². The molecule has 110 valence electrons. The number of nitrogens with one attached hydrogen (secondary N) is 1. The molecule has 0 aromatic rings. The third kappa shape index (κ3) is 5.13. The predicted octanol–water partition coefficient (Wildman–Crippen LogP) is 3.58. The number of carboxylic acid groups (broad SMARTS) is 1. The molecule has 0 bridgehead atoms. The van der Waals surface area contributed by atoms with Crippen LogP contribution in [0.3, 0.4) is 0 Å². The van der Waals surface area contributed by atoms with Crippen molar-refractivity contribution in [3.05, 3.63) is 0 Å². The molecule has 0 spiro atoms. The summed E-state index contributed by atoms with van der Waals surface area (Å²) in [4.78, 5) is 10.9. The van der Waals surface area contributed by atoms with E-state index in [1.807, 2.05) is 0 Å². The van der Waals surface area contributed by atoms with Crippen LogP contribution in [0.5, 0.6) is 0 Å². The monoisotopic (exact) mass is 267 g/mol. The molecule has 3 nitrogen and oxygen atoms in total. The van der Waals surface area contributed by atoms with Crippen molar-refractivity contribution in [3.8, 4) is 0 Å². The average Bonchev–Trinajstić information content (AvgIpc) is 2.92. The lowest BCUT2D eigenvalue weighted by Gasteiger charge is -2.27. The Balaban J connectivity index is 1.46. The zero-order valence-electron chi connectivity index (χ0n) is 12.1. The first-order chi connectivity index (χ1) is 9.25. The Labute approximate surface area is 117 Å². The molecule has 0 saturated heterocycles. The fourth-order valence-corrected chi connectivity index (χ4v) is 3.71. The van der Waals surface area contributed by atoms with Gasteiger partial charge < -0.3 is 10.4 Å². The Morgan fingerprint density at radius 2 is 1.68 bits per heavy atom. The fraction of sp³-hybridized carbons (Fsp3) is 0.938. The molecular formula is C16H29NO2. The molecule has 2 aliphatic carbocycles. The standard InChI is InChI=1S/C16H29NO2/c18-16(19)14-8-10-15(11-9-14)17-12-4-3-7-13-5-1-2-6-13/h13-15,17H,1-12H2,(H,18,19). The minimum atomic E-state index is -0.602. The van der Waals surface area contributed by atoms with Gasteiger partial charge >= 0.3 is 5.97 Å². The third-order valence-electron chi connectivity index (χ3n) is 5.02. The highest BCUT2D eigenvalue weighted by molar-refractivity contribution is 5.70. The molecule has 0 atom stereocenters. The van der Waals surface area contributed by atoms with E-state index >= 15 is 0 Å². The predicted molar refractivity (Wildman–Crippen MR) is 77.2 cm³/mol. The number of unbranched alkanes of at least 4 members (excludes halogenated alkanes) is 1. The van der Waals surface area contributed by atoms with Crippen molar-refractivity contribution in [2.75, 3.05) is 6.54 Å². The van der Waals surface area contributed by atoms with Crippen LogP contribution in [-0.2, 0) is 4.79 Å². The fourth-order valence-electron chi connectivity index (χ4n) is 3.71. The van der Waals surface area contributed by atoms with Gasteiger partial charge in [0.1, 0.15) is 0 Å². The molecule has 2 aliphatic rings. The Kier molecular flexibility index (Phi) is 6.15. The van der Waals surface area contributed by atoms with E-state index in [0.29, 0.717) is 6.04 Å². The van der Waals surface area contributed by atoms with Crippen molar-refractivity contribution >= 4 is 5.97 Å². The van der Waals surface area contributed by atoms with Crippen molar-refractivity contribution in [3.63, 3.8) is 0 Å².